The van der Waals surface area contributed by atoms with Crippen LogP contribution in [0.5, 0.6) is 5.75 Å². The summed E-state index contributed by atoms with van der Waals surface area (Å²) >= 11 is -1.95. The molecule has 0 radical (unpaired) electrons. The maximum Gasteiger partial charge on any atom is 0.540 e. The highest BCUT2D eigenvalue weighted by atomic mass is 27.2. The number of rotatable bonds is 2. The summed E-state index contributed by atoms with van der Waals surface area (Å²) in [6, 6.07) is 0. The Bertz CT molecular complexity index is 364. The van der Waals surface area contributed by atoms with Crippen LogP contribution in [0.15, 0.2) is 0 Å². The molecule has 1 aromatic rings. The molecule has 0 fully saturated rings. The molecular weight excluding hydrogens is 234 g/mol. The molecule has 0 amide bonds. The van der Waals surface area contributed by atoms with Gasteiger partial charge in [-0.3, -0.25) is 0 Å². The number of hydrogen-bond acceptors (Lipinski definition) is 1. The first kappa shape index (κ1) is 12.3. The van der Waals surface area contributed by atoms with Crippen LogP contribution in [0.2, 0.25) is 11.6 Å². The van der Waals surface area contributed by atoms with Crippen molar-refractivity contribution < 1.29 is 25.7 Å². The van der Waals surface area contributed by atoms with Crippen molar-refractivity contribution in [1.82, 2.24) is 0 Å². The summed E-state index contributed by atoms with van der Waals surface area (Å²) in [5.74, 6) is -8.11. The van der Waals surface area contributed by atoms with Crippen LogP contribution in [0.1, 0.15) is 0 Å². The van der Waals surface area contributed by atoms with Gasteiger partial charge in [0.05, 0.1) is 0 Å². The van der Waals surface area contributed by atoms with Crippen LogP contribution in [0, 0.1) is 29.1 Å². The van der Waals surface area contributed by atoms with Crippen molar-refractivity contribution in [3.63, 3.8) is 0 Å². The predicted octanol–water partition coefficient (Wildman–Crippen LogP) is 3.01. The Kier molecular flexibility index (Phi) is 3.58. The zero-order valence-electron chi connectivity index (χ0n) is 7.88. The molecule has 0 bridgehead atoms. The van der Waals surface area contributed by atoms with Crippen molar-refractivity contribution in [2.75, 3.05) is 0 Å². The highest BCUT2D eigenvalue weighted by Gasteiger charge is 2.27. The maximum atomic E-state index is 12.9. The van der Waals surface area contributed by atoms with Crippen LogP contribution in [0.4, 0.5) is 22.0 Å². The first-order valence-electron chi connectivity index (χ1n) is 4.04. The lowest BCUT2D eigenvalue weighted by Crippen LogP contribution is -2.16. The van der Waals surface area contributed by atoms with Crippen LogP contribution in [-0.2, 0) is 0 Å². The fourth-order valence-electron chi connectivity index (χ4n) is 0.924. The third-order valence-electron chi connectivity index (χ3n) is 1.52. The molecular formula is C8H6AlF5O. The summed E-state index contributed by atoms with van der Waals surface area (Å²) < 4.78 is 68.3. The Labute approximate surface area is 87.2 Å². The zero-order chi connectivity index (χ0) is 11.7. The molecule has 0 aromatic heterocycles. The van der Waals surface area contributed by atoms with Crippen LogP contribution < -0.4 is 3.79 Å². The number of benzene rings is 1. The minimum Gasteiger partial charge on any atom is -0.639 e. The Hall–Kier alpha value is -0.798. The third kappa shape index (κ3) is 2.24. The van der Waals surface area contributed by atoms with E-state index in [2.05, 4.69) is 3.79 Å². The van der Waals surface area contributed by atoms with Gasteiger partial charge in [-0.05, 0) is 0 Å². The summed E-state index contributed by atoms with van der Waals surface area (Å²) in [4.78, 5) is 0. The molecule has 15 heavy (non-hydrogen) atoms. The van der Waals surface area contributed by atoms with Crippen molar-refractivity contribution in [3.8, 4) is 5.75 Å². The van der Waals surface area contributed by atoms with Gasteiger partial charge in [-0.25, -0.2) is 13.2 Å². The van der Waals surface area contributed by atoms with E-state index < -0.39 is 49.3 Å². The van der Waals surface area contributed by atoms with E-state index >= 15 is 0 Å². The smallest absolute Gasteiger partial charge is 0.540 e. The van der Waals surface area contributed by atoms with Crippen molar-refractivity contribution in [2.24, 2.45) is 0 Å². The Morgan fingerprint density at radius 2 is 1.07 bits per heavy atom. The predicted molar refractivity (Wildman–Crippen MR) is 44.3 cm³/mol. The summed E-state index contributed by atoms with van der Waals surface area (Å²) in [5.41, 5.74) is 0. The third-order valence-corrected chi connectivity index (χ3v) is 2.23. The molecule has 1 aromatic carbocycles. The zero-order valence-corrected chi connectivity index (χ0v) is 9.03. The Balaban J connectivity index is 3.39. The molecule has 7 heteroatoms. The highest BCUT2D eigenvalue weighted by Crippen LogP contribution is 2.29. The fourth-order valence-corrected chi connectivity index (χ4v) is 1.60. The Morgan fingerprint density at radius 3 is 1.40 bits per heavy atom. The molecule has 0 aliphatic heterocycles. The molecule has 0 spiro atoms. The van der Waals surface area contributed by atoms with Gasteiger partial charge in [0, 0.05) is 0 Å². The molecule has 0 aliphatic rings. The molecule has 0 N–H and O–H groups in total. The molecule has 1 nitrogen and oxygen atoms in total. The summed E-state index contributed by atoms with van der Waals surface area (Å²) in [6.45, 7) is 0. The van der Waals surface area contributed by atoms with Gasteiger partial charge >= 0.3 is 14.5 Å². The standard InChI is InChI=1S/C6HF5O.2CH3.Al/c7-1-2(8)4(10)6(12)5(11)3(1)9;;;/h12H;2*1H3;/q;;;+1/p-1. The molecule has 0 saturated carbocycles. The minimum atomic E-state index is -2.18. The van der Waals surface area contributed by atoms with Gasteiger partial charge in [0.2, 0.25) is 29.1 Å². The van der Waals surface area contributed by atoms with E-state index in [1.807, 2.05) is 0 Å². The lowest BCUT2D eigenvalue weighted by atomic mass is 10.3. The second kappa shape index (κ2) is 4.37. The van der Waals surface area contributed by atoms with Gasteiger partial charge in [-0.15, -0.1) is 0 Å². The van der Waals surface area contributed by atoms with Crippen LogP contribution in [0.25, 0.3) is 0 Å². The van der Waals surface area contributed by atoms with E-state index in [-0.39, 0.29) is 0 Å². The van der Waals surface area contributed by atoms with E-state index in [0.29, 0.717) is 0 Å². The van der Waals surface area contributed by atoms with Crippen LogP contribution >= 0.6 is 0 Å². The van der Waals surface area contributed by atoms with Crippen molar-refractivity contribution >= 4 is 14.5 Å². The van der Waals surface area contributed by atoms with Crippen LogP contribution in [0.3, 0.4) is 0 Å². The van der Waals surface area contributed by atoms with Gasteiger partial charge in [-0.2, -0.15) is 8.78 Å². The normalized spacial score (nSPS) is 10.3. The van der Waals surface area contributed by atoms with E-state index in [9.17, 15) is 22.0 Å². The van der Waals surface area contributed by atoms with Crippen LogP contribution in [-0.4, -0.2) is 14.5 Å². The first-order valence-corrected chi connectivity index (χ1v) is 6.82. The summed E-state index contributed by atoms with van der Waals surface area (Å²) in [6.07, 6.45) is 0. The van der Waals surface area contributed by atoms with E-state index in [1.165, 1.54) is 11.6 Å². The molecule has 0 saturated heterocycles. The average Bonchev–Trinajstić information content (AvgIpc) is 2.18. The van der Waals surface area contributed by atoms with Gasteiger partial charge in [0.15, 0.2) is 5.75 Å². The second-order valence-corrected chi connectivity index (χ2v) is 5.40. The molecule has 0 unspecified atom stereocenters. The summed E-state index contributed by atoms with van der Waals surface area (Å²) in [7, 11) is 0. The SMILES string of the molecule is [CH3][Al]([CH3])[O]c1c(F)c(F)c(F)c(F)c1F. The van der Waals surface area contributed by atoms with E-state index in [1.54, 1.807) is 0 Å². The molecule has 0 atom stereocenters. The molecule has 1 rings (SSSR count). The van der Waals surface area contributed by atoms with Crippen molar-refractivity contribution in [1.29, 1.82) is 0 Å². The maximum absolute atomic E-state index is 12.9. The largest absolute Gasteiger partial charge is 0.639 e. The van der Waals surface area contributed by atoms with E-state index in [4.69, 9.17) is 0 Å². The lowest BCUT2D eigenvalue weighted by molar-refractivity contribution is 0.349. The first-order chi connectivity index (χ1) is 6.86. The van der Waals surface area contributed by atoms with Gasteiger partial charge in [-0.1, -0.05) is 11.6 Å². The monoisotopic (exact) mass is 240 g/mol. The minimum absolute atomic E-state index is 1.19. The average molecular weight is 240 g/mol. The molecule has 0 heterocycles. The lowest BCUT2D eigenvalue weighted by Gasteiger charge is -2.12. The van der Waals surface area contributed by atoms with Gasteiger partial charge in [0.1, 0.15) is 0 Å². The van der Waals surface area contributed by atoms with Crippen molar-refractivity contribution in [2.45, 2.75) is 11.6 Å². The van der Waals surface area contributed by atoms with Crippen molar-refractivity contribution in [3.05, 3.63) is 29.1 Å². The quantitative estimate of drug-likeness (QED) is 0.334. The number of hydrogen-bond donors (Lipinski definition) is 0. The van der Waals surface area contributed by atoms with Gasteiger partial charge < -0.3 is 3.79 Å². The molecule has 0 aliphatic carbocycles. The fraction of sp³-hybridized carbons (Fsp3) is 0.250. The highest BCUT2D eigenvalue weighted by molar-refractivity contribution is 6.49. The van der Waals surface area contributed by atoms with E-state index in [0.717, 1.165) is 0 Å². The van der Waals surface area contributed by atoms with Gasteiger partial charge in [0.25, 0.3) is 0 Å². The Morgan fingerprint density at radius 1 is 0.733 bits per heavy atom. The molecule has 82 valence electrons. The summed E-state index contributed by atoms with van der Waals surface area (Å²) in [5, 5.41) is 0. The second-order valence-electron chi connectivity index (χ2n) is 3.07. The topological polar surface area (TPSA) is 9.23 Å². The number of halogens is 5.